The Morgan fingerprint density at radius 1 is 1.32 bits per heavy atom. The Kier molecular flexibility index (Phi) is 3.38. The van der Waals surface area contributed by atoms with Crippen LogP contribution in [-0.4, -0.2) is 59.0 Å². The highest BCUT2D eigenvalue weighted by Gasteiger charge is 2.43. The zero-order valence-electron chi connectivity index (χ0n) is 11.0. The number of carbonyl (C=O) groups excluding carboxylic acids is 2. The van der Waals surface area contributed by atoms with Gasteiger partial charge in [0.15, 0.2) is 0 Å². The molecule has 3 amide bonds. The number of hydrogen-bond acceptors (Lipinski definition) is 3. The highest BCUT2D eigenvalue weighted by molar-refractivity contribution is 5.83. The molecule has 0 spiro atoms. The zero-order valence-corrected chi connectivity index (χ0v) is 11.0. The summed E-state index contributed by atoms with van der Waals surface area (Å²) in [4.78, 5) is 37.2. The summed E-state index contributed by atoms with van der Waals surface area (Å²) >= 11 is 0. The lowest BCUT2D eigenvalue weighted by Crippen LogP contribution is -2.55. The molecule has 2 fully saturated rings. The van der Waals surface area contributed by atoms with Crippen LogP contribution in [0.25, 0.3) is 0 Å². The minimum atomic E-state index is -0.834. The monoisotopic (exact) mass is 269 g/mol. The van der Waals surface area contributed by atoms with E-state index in [4.69, 9.17) is 10.8 Å². The van der Waals surface area contributed by atoms with Crippen molar-refractivity contribution in [1.82, 2.24) is 9.80 Å². The third-order valence-corrected chi connectivity index (χ3v) is 4.03. The molecule has 106 valence electrons. The van der Waals surface area contributed by atoms with Gasteiger partial charge in [-0.3, -0.25) is 9.59 Å². The summed E-state index contributed by atoms with van der Waals surface area (Å²) in [5.74, 6) is -1.17. The minimum absolute atomic E-state index is 0.0478. The Hall–Kier alpha value is -1.79. The van der Waals surface area contributed by atoms with Crippen molar-refractivity contribution in [3.8, 4) is 0 Å². The summed E-state index contributed by atoms with van der Waals surface area (Å²) in [6.07, 6.45) is 0.684. The Bertz CT molecular complexity index is 419. The average molecular weight is 269 g/mol. The molecule has 0 aromatic rings. The van der Waals surface area contributed by atoms with E-state index in [9.17, 15) is 14.4 Å². The van der Waals surface area contributed by atoms with Gasteiger partial charge in [0.25, 0.3) is 0 Å². The Morgan fingerprint density at radius 3 is 2.42 bits per heavy atom. The predicted octanol–water partition coefficient (Wildman–Crippen LogP) is -0.290. The predicted molar refractivity (Wildman–Crippen MR) is 66.2 cm³/mol. The van der Waals surface area contributed by atoms with Crippen LogP contribution in [0.2, 0.25) is 0 Å². The first-order chi connectivity index (χ1) is 8.82. The summed E-state index contributed by atoms with van der Waals surface area (Å²) in [6.45, 7) is 3.61. The van der Waals surface area contributed by atoms with Crippen molar-refractivity contribution in [2.75, 3.05) is 26.2 Å². The van der Waals surface area contributed by atoms with Crippen molar-refractivity contribution in [3.63, 3.8) is 0 Å². The quantitative estimate of drug-likeness (QED) is 0.734. The number of aliphatic carboxylic acids is 1. The number of rotatable bonds is 3. The SMILES string of the molecule is CC1(C(N)=O)CCN(C(=O)N2CC(CC(=O)O)C2)C1. The molecule has 0 radical (unpaired) electrons. The van der Waals surface area contributed by atoms with Gasteiger partial charge in [-0.1, -0.05) is 0 Å². The number of primary amides is 1. The van der Waals surface area contributed by atoms with Gasteiger partial charge in [0.1, 0.15) is 0 Å². The molecule has 2 rings (SSSR count). The fourth-order valence-electron chi connectivity index (χ4n) is 2.63. The third-order valence-electron chi connectivity index (χ3n) is 4.03. The molecule has 0 saturated carbocycles. The first-order valence-corrected chi connectivity index (χ1v) is 6.37. The van der Waals surface area contributed by atoms with E-state index in [0.717, 1.165) is 0 Å². The van der Waals surface area contributed by atoms with Crippen LogP contribution in [0.4, 0.5) is 4.79 Å². The lowest BCUT2D eigenvalue weighted by molar-refractivity contribution is -0.139. The first-order valence-electron chi connectivity index (χ1n) is 6.37. The molecule has 0 aromatic carbocycles. The van der Waals surface area contributed by atoms with Crippen LogP contribution in [0.5, 0.6) is 0 Å². The van der Waals surface area contributed by atoms with Gasteiger partial charge < -0.3 is 20.6 Å². The van der Waals surface area contributed by atoms with Crippen molar-refractivity contribution in [2.45, 2.75) is 19.8 Å². The number of carbonyl (C=O) groups is 3. The lowest BCUT2D eigenvalue weighted by atomic mass is 9.89. The van der Waals surface area contributed by atoms with E-state index >= 15 is 0 Å². The topological polar surface area (TPSA) is 104 Å². The van der Waals surface area contributed by atoms with Gasteiger partial charge in [-0.25, -0.2) is 4.79 Å². The van der Waals surface area contributed by atoms with Crippen LogP contribution in [0.15, 0.2) is 0 Å². The van der Waals surface area contributed by atoms with Crippen LogP contribution < -0.4 is 5.73 Å². The minimum Gasteiger partial charge on any atom is -0.481 e. The molecule has 2 aliphatic rings. The van der Waals surface area contributed by atoms with Gasteiger partial charge in [-0.05, 0) is 13.3 Å². The Labute approximate surface area is 111 Å². The maximum Gasteiger partial charge on any atom is 0.320 e. The average Bonchev–Trinajstić information content (AvgIpc) is 2.66. The second kappa shape index (κ2) is 4.71. The molecular formula is C12H19N3O4. The van der Waals surface area contributed by atoms with Crippen LogP contribution in [-0.2, 0) is 9.59 Å². The maximum atomic E-state index is 12.1. The van der Waals surface area contributed by atoms with E-state index in [-0.39, 0.29) is 24.3 Å². The number of hydrogen-bond donors (Lipinski definition) is 2. The van der Waals surface area contributed by atoms with Crippen molar-refractivity contribution in [3.05, 3.63) is 0 Å². The van der Waals surface area contributed by atoms with Crippen LogP contribution in [0.3, 0.4) is 0 Å². The van der Waals surface area contributed by atoms with E-state index in [2.05, 4.69) is 0 Å². The van der Waals surface area contributed by atoms with Crippen LogP contribution >= 0.6 is 0 Å². The molecule has 1 unspecified atom stereocenters. The van der Waals surface area contributed by atoms with E-state index in [0.29, 0.717) is 32.6 Å². The standard InChI is InChI=1S/C12H19N3O4/c1-12(10(13)18)2-3-14(7-12)11(19)15-5-8(6-15)4-9(16)17/h8H,2-7H2,1H3,(H2,13,18)(H,16,17). The molecule has 0 aliphatic carbocycles. The third kappa shape index (κ3) is 2.64. The molecule has 3 N–H and O–H groups in total. The van der Waals surface area contributed by atoms with Crippen molar-refractivity contribution >= 4 is 17.9 Å². The molecule has 1 atom stereocenters. The van der Waals surface area contributed by atoms with Gasteiger partial charge in [-0.2, -0.15) is 0 Å². The van der Waals surface area contributed by atoms with Gasteiger partial charge >= 0.3 is 12.0 Å². The van der Waals surface area contributed by atoms with Gasteiger partial charge in [-0.15, -0.1) is 0 Å². The Balaban J connectivity index is 1.84. The molecule has 7 heteroatoms. The number of carboxylic acids is 1. The highest BCUT2D eigenvalue weighted by atomic mass is 16.4. The fraction of sp³-hybridized carbons (Fsp3) is 0.750. The summed E-state index contributed by atoms with van der Waals surface area (Å²) in [5.41, 5.74) is 4.70. The van der Waals surface area contributed by atoms with Crippen molar-refractivity contribution in [2.24, 2.45) is 17.1 Å². The molecule has 2 saturated heterocycles. The second-order valence-electron chi connectivity index (χ2n) is 5.75. The second-order valence-corrected chi connectivity index (χ2v) is 5.75. The number of urea groups is 1. The number of nitrogens with zero attached hydrogens (tertiary/aromatic N) is 2. The number of carboxylic acid groups (broad SMARTS) is 1. The number of amides is 3. The van der Waals surface area contributed by atoms with E-state index in [1.807, 2.05) is 0 Å². The number of nitrogens with two attached hydrogens (primary N) is 1. The number of likely N-dealkylation sites (tertiary alicyclic amines) is 2. The molecule has 7 nitrogen and oxygen atoms in total. The van der Waals surface area contributed by atoms with Gasteiger partial charge in [0.05, 0.1) is 11.8 Å². The normalized spacial score (nSPS) is 27.2. The summed E-state index contributed by atoms with van der Waals surface area (Å²) in [6, 6.07) is -0.119. The lowest BCUT2D eigenvalue weighted by Gasteiger charge is -2.40. The van der Waals surface area contributed by atoms with E-state index in [1.54, 1.807) is 16.7 Å². The van der Waals surface area contributed by atoms with Crippen molar-refractivity contribution in [1.29, 1.82) is 0 Å². The van der Waals surface area contributed by atoms with E-state index < -0.39 is 11.4 Å². The Morgan fingerprint density at radius 2 is 1.95 bits per heavy atom. The molecular weight excluding hydrogens is 250 g/mol. The zero-order chi connectivity index (χ0) is 14.2. The smallest absolute Gasteiger partial charge is 0.320 e. The largest absolute Gasteiger partial charge is 0.481 e. The first kappa shape index (κ1) is 13.6. The molecule has 2 aliphatic heterocycles. The maximum absolute atomic E-state index is 12.1. The van der Waals surface area contributed by atoms with E-state index in [1.165, 1.54) is 0 Å². The van der Waals surface area contributed by atoms with Gasteiger partial charge in [0.2, 0.25) is 5.91 Å². The summed E-state index contributed by atoms with van der Waals surface area (Å²) in [5, 5.41) is 8.65. The molecule has 0 aromatic heterocycles. The molecule has 0 bridgehead atoms. The highest BCUT2D eigenvalue weighted by Crippen LogP contribution is 2.31. The fourth-order valence-corrected chi connectivity index (χ4v) is 2.63. The molecule has 2 heterocycles. The summed E-state index contributed by atoms with van der Waals surface area (Å²) in [7, 11) is 0. The molecule has 19 heavy (non-hydrogen) atoms. The van der Waals surface area contributed by atoms with Crippen molar-refractivity contribution < 1.29 is 19.5 Å². The van der Waals surface area contributed by atoms with Crippen LogP contribution in [0.1, 0.15) is 19.8 Å². The summed E-state index contributed by atoms with van der Waals surface area (Å²) < 4.78 is 0. The van der Waals surface area contributed by atoms with Crippen LogP contribution in [0, 0.1) is 11.3 Å². The van der Waals surface area contributed by atoms with Gasteiger partial charge in [0, 0.05) is 32.1 Å².